The molecule has 4 aromatic rings. The zero-order chi connectivity index (χ0) is 19.7. The quantitative estimate of drug-likeness (QED) is 0.517. The average Bonchev–Trinajstić information content (AvgIpc) is 3.32. The number of aromatic nitrogens is 8. The molecule has 0 unspecified atom stereocenters. The second-order valence-electron chi connectivity index (χ2n) is 5.70. The normalized spacial score (nSPS) is 11.7. The molecule has 28 heavy (non-hydrogen) atoms. The molecular weight excluding hydrogens is 397 g/mol. The third-order valence-corrected chi connectivity index (χ3v) is 4.06. The van der Waals surface area contributed by atoms with E-state index in [2.05, 4.69) is 30.9 Å². The highest BCUT2D eigenvalue weighted by Gasteiger charge is 2.30. The summed E-state index contributed by atoms with van der Waals surface area (Å²) in [5.74, 6) is 0.727. The summed E-state index contributed by atoms with van der Waals surface area (Å²) in [4.78, 5) is 1.29. The van der Waals surface area contributed by atoms with Gasteiger partial charge in [0.15, 0.2) is 5.82 Å². The lowest BCUT2D eigenvalue weighted by Gasteiger charge is -2.08. The lowest BCUT2D eigenvalue weighted by atomic mass is 10.2. The van der Waals surface area contributed by atoms with Crippen LogP contribution in [0.3, 0.4) is 0 Å². The molecule has 0 fully saturated rings. The number of hydrogen-bond donors (Lipinski definition) is 0. The van der Waals surface area contributed by atoms with E-state index in [4.69, 9.17) is 11.6 Å². The largest absolute Gasteiger partial charge is 0.416 e. The summed E-state index contributed by atoms with van der Waals surface area (Å²) >= 11 is 5.86. The van der Waals surface area contributed by atoms with Crippen LogP contribution >= 0.6 is 11.6 Å². The smallest absolute Gasteiger partial charge is 0.195 e. The van der Waals surface area contributed by atoms with Crippen LogP contribution in [0.25, 0.3) is 17.1 Å². The van der Waals surface area contributed by atoms with Crippen molar-refractivity contribution in [3.05, 3.63) is 64.9 Å². The van der Waals surface area contributed by atoms with E-state index in [9.17, 15) is 13.2 Å². The molecule has 142 valence electrons. The first kappa shape index (κ1) is 18.0. The highest BCUT2D eigenvalue weighted by atomic mass is 35.5. The number of rotatable bonds is 4. The van der Waals surface area contributed by atoms with E-state index in [1.807, 2.05) is 0 Å². The zero-order valence-electron chi connectivity index (χ0n) is 13.9. The van der Waals surface area contributed by atoms with E-state index >= 15 is 0 Å². The van der Waals surface area contributed by atoms with E-state index in [-0.39, 0.29) is 6.54 Å². The summed E-state index contributed by atoms with van der Waals surface area (Å²) in [5, 5.41) is 24.1. The Kier molecular flexibility index (Phi) is 4.51. The molecule has 0 radical (unpaired) electrons. The molecule has 8 nitrogen and oxygen atoms in total. The Labute approximate surface area is 160 Å². The fourth-order valence-corrected chi connectivity index (χ4v) is 2.57. The second-order valence-corrected chi connectivity index (χ2v) is 6.14. The maximum Gasteiger partial charge on any atom is 0.416 e. The minimum Gasteiger partial charge on any atom is -0.195 e. The van der Waals surface area contributed by atoms with Crippen LogP contribution in [-0.4, -0.2) is 40.4 Å². The number of benzene rings is 2. The van der Waals surface area contributed by atoms with Crippen LogP contribution in [0.1, 0.15) is 11.4 Å². The Balaban J connectivity index is 1.56. The van der Waals surface area contributed by atoms with Crippen LogP contribution in [0.15, 0.2) is 48.5 Å². The number of alkyl halides is 3. The van der Waals surface area contributed by atoms with Crippen LogP contribution in [0, 0.1) is 0 Å². The van der Waals surface area contributed by atoms with Crippen molar-refractivity contribution in [1.82, 2.24) is 40.4 Å². The Morgan fingerprint density at radius 1 is 0.893 bits per heavy atom. The van der Waals surface area contributed by atoms with Crippen LogP contribution in [0.5, 0.6) is 0 Å². The fraction of sp³-hybridized carbons (Fsp3) is 0.125. The van der Waals surface area contributed by atoms with Gasteiger partial charge in [-0.1, -0.05) is 11.6 Å². The molecular formula is C16H10ClF3N8. The molecule has 0 bridgehead atoms. The molecule has 0 N–H and O–H groups in total. The van der Waals surface area contributed by atoms with Gasteiger partial charge in [-0.3, -0.25) is 0 Å². The summed E-state index contributed by atoms with van der Waals surface area (Å²) in [6.45, 7) is 0.0780. The van der Waals surface area contributed by atoms with Crippen molar-refractivity contribution in [3.63, 3.8) is 0 Å². The van der Waals surface area contributed by atoms with E-state index in [1.54, 1.807) is 24.3 Å². The molecule has 0 saturated carbocycles. The minimum atomic E-state index is -4.41. The topological polar surface area (TPSA) is 87.2 Å². The van der Waals surface area contributed by atoms with Crippen molar-refractivity contribution in [2.45, 2.75) is 12.7 Å². The molecule has 0 atom stereocenters. The second kappa shape index (κ2) is 7.00. The molecule has 12 heteroatoms. The summed E-state index contributed by atoms with van der Waals surface area (Å²) in [5.41, 5.74) is 0.362. The van der Waals surface area contributed by atoms with Gasteiger partial charge in [-0.15, -0.1) is 15.3 Å². The molecule has 0 amide bonds. The van der Waals surface area contributed by atoms with E-state index in [1.165, 1.54) is 21.6 Å². The van der Waals surface area contributed by atoms with Gasteiger partial charge in [-0.2, -0.15) is 22.6 Å². The lowest BCUT2D eigenvalue weighted by Crippen LogP contribution is -2.11. The maximum absolute atomic E-state index is 12.7. The van der Waals surface area contributed by atoms with Gasteiger partial charge in [0.25, 0.3) is 0 Å². The van der Waals surface area contributed by atoms with Gasteiger partial charge in [0.1, 0.15) is 6.54 Å². The first-order chi connectivity index (χ1) is 13.4. The SMILES string of the molecule is FC(F)(F)c1ccc(-n2nnnc2Cn2nnc(-c3ccc(Cl)cc3)n2)cc1. The maximum atomic E-state index is 12.7. The molecule has 0 spiro atoms. The predicted molar refractivity (Wildman–Crippen MR) is 91.5 cm³/mol. The van der Waals surface area contributed by atoms with Gasteiger partial charge in [-0.25, -0.2) is 0 Å². The van der Waals surface area contributed by atoms with Crippen LogP contribution in [0.4, 0.5) is 13.2 Å². The van der Waals surface area contributed by atoms with Gasteiger partial charge < -0.3 is 0 Å². The monoisotopic (exact) mass is 406 g/mol. The highest BCUT2D eigenvalue weighted by molar-refractivity contribution is 6.30. The molecule has 0 saturated heterocycles. The van der Waals surface area contributed by atoms with Crippen molar-refractivity contribution >= 4 is 11.6 Å². The van der Waals surface area contributed by atoms with Gasteiger partial charge in [0, 0.05) is 10.6 Å². The van der Waals surface area contributed by atoms with E-state index in [0.29, 0.717) is 22.4 Å². The predicted octanol–water partition coefficient (Wildman–Crippen LogP) is 3.04. The first-order valence-electron chi connectivity index (χ1n) is 7.89. The van der Waals surface area contributed by atoms with Crippen molar-refractivity contribution in [2.75, 3.05) is 0 Å². The zero-order valence-corrected chi connectivity index (χ0v) is 14.7. The molecule has 0 aliphatic rings. The number of nitrogens with zero attached hydrogens (tertiary/aromatic N) is 8. The molecule has 0 aliphatic heterocycles. The number of tetrazole rings is 2. The van der Waals surface area contributed by atoms with Crippen molar-refractivity contribution in [3.8, 4) is 17.1 Å². The Morgan fingerprint density at radius 2 is 1.61 bits per heavy atom. The molecule has 4 rings (SSSR count). The standard InChI is InChI=1S/C16H10ClF3N8/c17-12-5-1-10(2-6-12)15-22-25-27(23-15)9-14-21-24-26-28(14)13-7-3-11(4-8-13)16(18,19)20/h1-8H,9H2. The third-order valence-electron chi connectivity index (χ3n) is 3.81. The third kappa shape index (κ3) is 3.69. The van der Waals surface area contributed by atoms with Crippen LogP contribution in [-0.2, 0) is 12.7 Å². The molecule has 2 aromatic heterocycles. The van der Waals surface area contributed by atoms with E-state index < -0.39 is 11.7 Å². The molecule has 2 heterocycles. The number of halogens is 4. The lowest BCUT2D eigenvalue weighted by molar-refractivity contribution is -0.137. The van der Waals surface area contributed by atoms with Gasteiger partial charge in [0.05, 0.1) is 11.3 Å². The van der Waals surface area contributed by atoms with Crippen LogP contribution < -0.4 is 0 Å². The average molecular weight is 407 g/mol. The van der Waals surface area contributed by atoms with Crippen molar-refractivity contribution in [1.29, 1.82) is 0 Å². The Bertz CT molecular complexity index is 1090. The van der Waals surface area contributed by atoms with Crippen LogP contribution in [0.2, 0.25) is 5.02 Å². The van der Waals surface area contributed by atoms with Gasteiger partial charge in [0.2, 0.25) is 5.82 Å². The highest BCUT2D eigenvalue weighted by Crippen LogP contribution is 2.29. The molecule has 0 aliphatic carbocycles. The van der Waals surface area contributed by atoms with Gasteiger partial charge in [-0.05, 0) is 64.2 Å². The first-order valence-corrected chi connectivity index (χ1v) is 8.26. The van der Waals surface area contributed by atoms with Gasteiger partial charge >= 0.3 is 6.18 Å². The summed E-state index contributed by atoms with van der Waals surface area (Å²) in [7, 11) is 0. The van der Waals surface area contributed by atoms with E-state index in [0.717, 1.165) is 17.7 Å². The minimum absolute atomic E-state index is 0.0780. The summed E-state index contributed by atoms with van der Waals surface area (Å²) in [6.07, 6.45) is -4.41. The fourth-order valence-electron chi connectivity index (χ4n) is 2.45. The Hall–Kier alpha value is -3.34. The summed E-state index contributed by atoms with van der Waals surface area (Å²) < 4.78 is 39.4. The number of hydrogen-bond acceptors (Lipinski definition) is 6. The van der Waals surface area contributed by atoms with Crippen molar-refractivity contribution < 1.29 is 13.2 Å². The molecule has 2 aromatic carbocycles. The van der Waals surface area contributed by atoms with Crippen molar-refractivity contribution in [2.24, 2.45) is 0 Å². The Morgan fingerprint density at radius 3 is 2.29 bits per heavy atom. The summed E-state index contributed by atoms with van der Waals surface area (Å²) in [6, 6.07) is 11.4.